The van der Waals surface area contributed by atoms with Crippen molar-refractivity contribution in [2.24, 2.45) is 5.92 Å². The Morgan fingerprint density at radius 3 is 2.50 bits per heavy atom. The molecule has 1 atom stereocenters. The Kier molecular flexibility index (Phi) is 12.3. The van der Waals surface area contributed by atoms with E-state index >= 15 is 0 Å². The van der Waals surface area contributed by atoms with Crippen molar-refractivity contribution in [1.29, 1.82) is 0 Å². The molecule has 5 nitrogen and oxygen atoms in total. The largest absolute Gasteiger partial charge is 0.461 e. The average molecular weight is 311 g/mol. The summed E-state index contributed by atoms with van der Waals surface area (Å²) < 4.78 is 5.03. The predicted molar refractivity (Wildman–Crippen MR) is 86.6 cm³/mol. The monoisotopic (exact) mass is 311 g/mol. The molecular weight excluding hydrogens is 282 g/mol. The van der Waals surface area contributed by atoms with Gasteiger partial charge in [0.1, 0.15) is 19.2 Å². The third-order valence-electron chi connectivity index (χ3n) is 3.53. The highest BCUT2D eigenvalue weighted by Gasteiger charge is 2.09. The summed E-state index contributed by atoms with van der Waals surface area (Å²) in [6.45, 7) is 6.91. The van der Waals surface area contributed by atoms with Crippen molar-refractivity contribution >= 4 is 18.5 Å². The summed E-state index contributed by atoms with van der Waals surface area (Å²) in [5, 5.41) is 0. The number of rotatable bonds is 14. The minimum absolute atomic E-state index is 0.0663. The Morgan fingerprint density at radius 1 is 1.18 bits per heavy atom. The molecule has 0 aromatic carbocycles. The fourth-order valence-corrected chi connectivity index (χ4v) is 2.01. The van der Waals surface area contributed by atoms with E-state index in [9.17, 15) is 14.4 Å². The van der Waals surface area contributed by atoms with Crippen LogP contribution in [0.3, 0.4) is 0 Å². The average Bonchev–Trinajstić information content (AvgIpc) is 2.49. The molecule has 0 spiro atoms. The lowest BCUT2D eigenvalue weighted by molar-refractivity contribution is -0.139. The van der Waals surface area contributed by atoms with Gasteiger partial charge in [0.2, 0.25) is 0 Å². The van der Waals surface area contributed by atoms with E-state index in [0.29, 0.717) is 25.1 Å². The van der Waals surface area contributed by atoms with Crippen LogP contribution in [0.15, 0.2) is 12.2 Å². The first-order chi connectivity index (χ1) is 10.5. The van der Waals surface area contributed by atoms with Gasteiger partial charge in [-0.2, -0.15) is 0 Å². The van der Waals surface area contributed by atoms with Crippen LogP contribution in [0.25, 0.3) is 0 Å². The van der Waals surface area contributed by atoms with Gasteiger partial charge in [0.25, 0.3) is 0 Å². The van der Waals surface area contributed by atoms with Gasteiger partial charge in [0.05, 0.1) is 0 Å². The molecule has 0 aliphatic heterocycles. The van der Waals surface area contributed by atoms with Crippen LogP contribution in [0, 0.1) is 5.92 Å². The van der Waals surface area contributed by atoms with Crippen LogP contribution in [0.2, 0.25) is 0 Å². The standard InChI is InChI=1S/C17H29NO4/c1-15(2)17(21)22-13-11-18(3)10-9-16(14-20)8-6-4-5-7-12-19/h12,14,16H,1,4-11,13H2,2-3H3. The summed E-state index contributed by atoms with van der Waals surface area (Å²) >= 11 is 0. The molecule has 0 aliphatic carbocycles. The fourth-order valence-electron chi connectivity index (χ4n) is 2.01. The maximum atomic E-state index is 11.2. The third kappa shape index (κ3) is 11.2. The number of likely N-dealkylation sites (N-methyl/N-ethyl adjacent to an activating group) is 1. The van der Waals surface area contributed by atoms with Crippen molar-refractivity contribution in [3.8, 4) is 0 Å². The molecule has 0 aromatic heterocycles. The second-order valence-corrected chi connectivity index (χ2v) is 5.71. The number of carbonyl (C=O) groups excluding carboxylic acids is 3. The van der Waals surface area contributed by atoms with Crippen molar-refractivity contribution in [2.75, 3.05) is 26.7 Å². The number of aldehydes is 2. The van der Waals surface area contributed by atoms with Crippen LogP contribution in [0.1, 0.15) is 45.4 Å². The zero-order chi connectivity index (χ0) is 16.8. The van der Waals surface area contributed by atoms with Crippen molar-refractivity contribution in [3.63, 3.8) is 0 Å². The number of esters is 1. The summed E-state index contributed by atoms with van der Waals surface area (Å²) in [5.74, 6) is -0.300. The van der Waals surface area contributed by atoms with E-state index in [1.807, 2.05) is 7.05 Å². The number of unbranched alkanes of at least 4 members (excludes halogenated alkanes) is 3. The molecule has 0 amide bonds. The van der Waals surface area contributed by atoms with Crippen LogP contribution in [-0.2, 0) is 19.1 Å². The zero-order valence-electron chi connectivity index (χ0n) is 13.9. The van der Waals surface area contributed by atoms with E-state index in [-0.39, 0.29) is 11.9 Å². The normalized spacial score (nSPS) is 12.0. The Bertz CT molecular complexity index is 355. The van der Waals surface area contributed by atoms with Gasteiger partial charge in [-0.05, 0) is 39.8 Å². The predicted octanol–water partition coefficient (Wildman–Crippen LogP) is 2.39. The number of hydrogen-bond donors (Lipinski definition) is 0. The van der Waals surface area contributed by atoms with Gasteiger partial charge in [-0.15, -0.1) is 0 Å². The second kappa shape index (κ2) is 13.2. The van der Waals surface area contributed by atoms with Gasteiger partial charge in [0, 0.05) is 24.5 Å². The lowest BCUT2D eigenvalue weighted by Gasteiger charge is -2.18. The molecule has 5 heteroatoms. The van der Waals surface area contributed by atoms with Crippen molar-refractivity contribution in [1.82, 2.24) is 4.90 Å². The number of hydrogen-bond acceptors (Lipinski definition) is 5. The summed E-state index contributed by atoms with van der Waals surface area (Å²) in [6.07, 6.45) is 7.14. The lowest BCUT2D eigenvalue weighted by atomic mass is 9.99. The lowest BCUT2D eigenvalue weighted by Crippen LogP contribution is -2.27. The molecular formula is C17H29NO4. The molecule has 0 fully saturated rings. The molecule has 0 N–H and O–H groups in total. The second-order valence-electron chi connectivity index (χ2n) is 5.71. The fraction of sp³-hybridized carbons (Fsp3) is 0.706. The molecule has 0 aromatic rings. The van der Waals surface area contributed by atoms with E-state index in [0.717, 1.165) is 51.2 Å². The summed E-state index contributed by atoms with van der Waals surface area (Å²) in [6, 6.07) is 0. The minimum Gasteiger partial charge on any atom is -0.461 e. The number of ether oxygens (including phenoxy) is 1. The van der Waals surface area contributed by atoms with Crippen LogP contribution in [-0.4, -0.2) is 50.2 Å². The van der Waals surface area contributed by atoms with Crippen molar-refractivity contribution in [3.05, 3.63) is 12.2 Å². The molecule has 0 radical (unpaired) electrons. The molecule has 126 valence electrons. The summed E-state index contributed by atoms with van der Waals surface area (Å²) in [4.78, 5) is 34.5. The Hall–Kier alpha value is -1.49. The van der Waals surface area contributed by atoms with Gasteiger partial charge in [-0.3, -0.25) is 0 Å². The Labute approximate surface area is 133 Å². The first-order valence-electron chi connectivity index (χ1n) is 7.91. The quantitative estimate of drug-likeness (QED) is 0.213. The molecule has 0 saturated carbocycles. The molecule has 0 heterocycles. The number of nitrogens with zero attached hydrogens (tertiary/aromatic N) is 1. The van der Waals surface area contributed by atoms with Gasteiger partial charge < -0.3 is 19.2 Å². The Balaban J connectivity index is 3.73. The first-order valence-corrected chi connectivity index (χ1v) is 7.91. The highest BCUT2D eigenvalue weighted by atomic mass is 16.5. The summed E-state index contributed by atoms with van der Waals surface area (Å²) in [5.41, 5.74) is 0.401. The van der Waals surface area contributed by atoms with Gasteiger partial charge in [-0.25, -0.2) is 4.79 Å². The SMILES string of the molecule is C=C(C)C(=O)OCCN(C)CCC(C=O)CCCCCC=O. The Morgan fingerprint density at radius 2 is 1.91 bits per heavy atom. The van der Waals surface area contributed by atoms with Crippen LogP contribution >= 0.6 is 0 Å². The number of carbonyl (C=O) groups is 3. The van der Waals surface area contributed by atoms with E-state index in [1.165, 1.54) is 0 Å². The van der Waals surface area contributed by atoms with E-state index in [4.69, 9.17) is 4.74 Å². The van der Waals surface area contributed by atoms with E-state index in [1.54, 1.807) is 6.92 Å². The third-order valence-corrected chi connectivity index (χ3v) is 3.53. The molecule has 1 unspecified atom stereocenters. The van der Waals surface area contributed by atoms with Crippen molar-refractivity contribution in [2.45, 2.75) is 45.4 Å². The van der Waals surface area contributed by atoms with Crippen LogP contribution in [0.5, 0.6) is 0 Å². The van der Waals surface area contributed by atoms with Crippen LogP contribution in [0.4, 0.5) is 0 Å². The molecule has 0 aliphatic rings. The van der Waals surface area contributed by atoms with Gasteiger partial charge in [-0.1, -0.05) is 19.4 Å². The molecule has 0 bridgehead atoms. The highest BCUT2D eigenvalue weighted by Crippen LogP contribution is 2.12. The first kappa shape index (κ1) is 20.5. The van der Waals surface area contributed by atoms with Gasteiger partial charge in [0.15, 0.2) is 0 Å². The van der Waals surface area contributed by atoms with E-state index in [2.05, 4.69) is 11.5 Å². The molecule has 0 saturated heterocycles. The maximum Gasteiger partial charge on any atom is 0.333 e. The molecule has 22 heavy (non-hydrogen) atoms. The summed E-state index contributed by atoms with van der Waals surface area (Å²) in [7, 11) is 1.94. The van der Waals surface area contributed by atoms with Crippen LogP contribution < -0.4 is 0 Å². The topological polar surface area (TPSA) is 63.7 Å². The highest BCUT2D eigenvalue weighted by molar-refractivity contribution is 5.86. The minimum atomic E-state index is -0.366. The maximum absolute atomic E-state index is 11.2. The van der Waals surface area contributed by atoms with E-state index < -0.39 is 0 Å². The van der Waals surface area contributed by atoms with Crippen molar-refractivity contribution < 1.29 is 19.1 Å². The molecule has 0 rings (SSSR count). The smallest absolute Gasteiger partial charge is 0.333 e. The van der Waals surface area contributed by atoms with Gasteiger partial charge >= 0.3 is 5.97 Å². The zero-order valence-corrected chi connectivity index (χ0v) is 13.9.